The SMILES string of the molecule is C=C[C@H]1CN2CC[C@@]3(C(=O)Nc4ccccc43)[C@@H]2CC1/C(=C/OC)C(=O)OC. The first-order valence-electron chi connectivity index (χ1n) is 9.65. The Bertz CT molecular complexity index is 849. The standard InChI is InChI=1S/C22H26N2O4/c1-4-14-12-24-10-9-22(17-7-5-6-8-18(17)23-21(22)26)19(24)11-15(14)16(13-27-2)20(25)28-3/h4-8,13-15,19H,1,9-12H2,2-3H3,(H,23,26)/b16-13-/t14-,15?,19-,22-/m0/s1. The van der Waals surface area contributed by atoms with Crippen LogP contribution >= 0.6 is 0 Å². The number of carbonyl (C=O) groups excluding carboxylic acids is 2. The molecule has 0 aromatic heterocycles. The number of ether oxygens (including phenoxy) is 2. The summed E-state index contributed by atoms with van der Waals surface area (Å²) in [6, 6.07) is 7.96. The van der Waals surface area contributed by atoms with E-state index in [1.54, 1.807) is 0 Å². The van der Waals surface area contributed by atoms with Crippen LogP contribution in [0.2, 0.25) is 0 Å². The van der Waals surface area contributed by atoms with Gasteiger partial charge in [-0.2, -0.15) is 0 Å². The molecule has 3 aliphatic rings. The first-order valence-corrected chi connectivity index (χ1v) is 9.65. The molecule has 1 unspecified atom stereocenters. The highest BCUT2D eigenvalue weighted by Crippen LogP contribution is 2.52. The highest BCUT2D eigenvalue weighted by Gasteiger charge is 2.60. The van der Waals surface area contributed by atoms with E-state index in [0.717, 1.165) is 30.8 Å². The Balaban J connectivity index is 1.75. The number of piperidine rings is 1. The van der Waals surface area contributed by atoms with E-state index in [0.29, 0.717) is 12.0 Å². The monoisotopic (exact) mass is 382 g/mol. The van der Waals surface area contributed by atoms with Crippen LogP contribution in [0.3, 0.4) is 0 Å². The van der Waals surface area contributed by atoms with Crippen molar-refractivity contribution in [1.82, 2.24) is 4.90 Å². The molecule has 0 radical (unpaired) electrons. The summed E-state index contributed by atoms with van der Waals surface area (Å²) in [7, 11) is 2.90. The van der Waals surface area contributed by atoms with Gasteiger partial charge in [-0.1, -0.05) is 24.3 Å². The van der Waals surface area contributed by atoms with Crippen LogP contribution in [0.15, 0.2) is 48.8 Å². The van der Waals surface area contributed by atoms with Crippen LogP contribution in [0.4, 0.5) is 5.69 Å². The Kier molecular flexibility index (Phi) is 4.75. The summed E-state index contributed by atoms with van der Waals surface area (Å²) < 4.78 is 10.2. The van der Waals surface area contributed by atoms with Gasteiger partial charge in [0.05, 0.1) is 31.5 Å². The predicted molar refractivity (Wildman–Crippen MR) is 106 cm³/mol. The van der Waals surface area contributed by atoms with E-state index in [9.17, 15) is 9.59 Å². The third-order valence-corrected chi connectivity index (χ3v) is 6.67. The molecule has 2 fully saturated rings. The third kappa shape index (κ3) is 2.58. The number of hydrogen-bond donors (Lipinski definition) is 1. The van der Waals surface area contributed by atoms with Crippen molar-refractivity contribution in [3.05, 3.63) is 54.3 Å². The maximum absolute atomic E-state index is 13.2. The maximum atomic E-state index is 13.2. The van der Waals surface area contributed by atoms with Gasteiger partial charge >= 0.3 is 5.97 Å². The largest absolute Gasteiger partial charge is 0.504 e. The fourth-order valence-corrected chi connectivity index (χ4v) is 5.38. The summed E-state index contributed by atoms with van der Waals surface area (Å²) in [5.74, 6) is -0.351. The van der Waals surface area contributed by atoms with E-state index in [4.69, 9.17) is 9.47 Å². The lowest BCUT2D eigenvalue weighted by Crippen LogP contribution is -2.53. The van der Waals surface area contributed by atoms with Crippen LogP contribution in [0.25, 0.3) is 0 Å². The van der Waals surface area contributed by atoms with Crippen molar-refractivity contribution < 1.29 is 19.1 Å². The minimum Gasteiger partial charge on any atom is -0.504 e. The number of nitrogens with one attached hydrogen (secondary N) is 1. The molecule has 3 aliphatic heterocycles. The molecule has 148 valence electrons. The lowest BCUT2D eigenvalue weighted by Gasteiger charge is -2.44. The van der Waals surface area contributed by atoms with Crippen molar-refractivity contribution in [2.45, 2.75) is 24.3 Å². The Morgan fingerprint density at radius 3 is 2.86 bits per heavy atom. The number of para-hydroxylation sites is 1. The van der Waals surface area contributed by atoms with Crippen LogP contribution < -0.4 is 5.32 Å². The second-order valence-electron chi connectivity index (χ2n) is 7.77. The lowest BCUT2D eigenvalue weighted by atomic mass is 9.68. The fraction of sp³-hybridized carbons (Fsp3) is 0.455. The normalized spacial score (nSPS) is 31.9. The Labute approximate surface area is 165 Å². The molecule has 4 atom stereocenters. The summed E-state index contributed by atoms with van der Waals surface area (Å²) in [5, 5.41) is 3.07. The molecule has 6 nitrogen and oxygen atoms in total. The molecule has 4 rings (SSSR count). The number of hydrogen-bond acceptors (Lipinski definition) is 5. The number of methoxy groups -OCH3 is 2. The molecular formula is C22H26N2O4. The summed E-state index contributed by atoms with van der Waals surface area (Å²) >= 11 is 0. The maximum Gasteiger partial charge on any atom is 0.337 e. The Hall–Kier alpha value is -2.60. The van der Waals surface area contributed by atoms with Crippen molar-refractivity contribution in [3.8, 4) is 0 Å². The Morgan fingerprint density at radius 1 is 1.36 bits per heavy atom. The summed E-state index contributed by atoms with van der Waals surface area (Å²) in [5.41, 5.74) is 1.90. The molecule has 2 saturated heterocycles. The molecule has 1 N–H and O–H groups in total. The number of amides is 1. The van der Waals surface area contributed by atoms with Gasteiger partial charge in [-0.15, -0.1) is 6.58 Å². The zero-order valence-electron chi connectivity index (χ0n) is 16.3. The smallest absolute Gasteiger partial charge is 0.337 e. The zero-order chi connectivity index (χ0) is 19.9. The van der Waals surface area contributed by atoms with Gasteiger partial charge in [-0.05, 0) is 36.9 Å². The topological polar surface area (TPSA) is 67.9 Å². The molecule has 0 bridgehead atoms. The number of rotatable bonds is 4. The third-order valence-electron chi connectivity index (χ3n) is 6.67. The van der Waals surface area contributed by atoms with Gasteiger partial charge in [0.1, 0.15) is 0 Å². The highest BCUT2D eigenvalue weighted by molar-refractivity contribution is 6.07. The zero-order valence-corrected chi connectivity index (χ0v) is 16.3. The minimum atomic E-state index is -0.574. The lowest BCUT2D eigenvalue weighted by molar-refractivity contribution is -0.137. The first-order chi connectivity index (χ1) is 13.6. The minimum absolute atomic E-state index is 0.0160. The molecule has 1 aromatic rings. The van der Waals surface area contributed by atoms with Gasteiger partial charge in [0.25, 0.3) is 0 Å². The van der Waals surface area contributed by atoms with Gasteiger partial charge in [0.2, 0.25) is 5.91 Å². The number of esters is 1. The van der Waals surface area contributed by atoms with Crippen LogP contribution in [-0.2, 0) is 24.5 Å². The molecule has 1 spiro atoms. The highest BCUT2D eigenvalue weighted by atomic mass is 16.5. The van der Waals surface area contributed by atoms with Crippen LogP contribution in [-0.4, -0.2) is 50.1 Å². The van der Waals surface area contributed by atoms with Gasteiger partial charge in [-0.25, -0.2) is 4.79 Å². The van der Waals surface area contributed by atoms with Crippen molar-refractivity contribution in [1.29, 1.82) is 0 Å². The van der Waals surface area contributed by atoms with Crippen LogP contribution in [0, 0.1) is 11.8 Å². The van der Waals surface area contributed by atoms with Crippen molar-refractivity contribution in [2.75, 3.05) is 32.6 Å². The quantitative estimate of drug-likeness (QED) is 0.375. The molecule has 6 heteroatoms. The molecule has 1 aromatic carbocycles. The van der Waals surface area contributed by atoms with E-state index >= 15 is 0 Å². The Morgan fingerprint density at radius 2 is 2.14 bits per heavy atom. The fourth-order valence-electron chi connectivity index (χ4n) is 5.38. The predicted octanol–water partition coefficient (Wildman–Crippen LogP) is 2.48. The average molecular weight is 382 g/mol. The second-order valence-corrected chi connectivity index (χ2v) is 7.77. The van der Waals surface area contributed by atoms with Gasteiger partial charge in [0, 0.05) is 24.2 Å². The molecule has 28 heavy (non-hydrogen) atoms. The van der Waals surface area contributed by atoms with Crippen molar-refractivity contribution >= 4 is 17.6 Å². The van der Waals surface area contributed by atoms with Crippen LogP contribution in [0.5, 0.6) is 0 Å². The second kappa shape index (κ2) is 7.09. The van der Waals surface area contributed by atoms with E-state index in [2.05, 4.69) is 22.9 Å². The molecule has 3 heterocycles. The van der Waals surface area contributed by atoms with E-state index in [1.165, 1.54) is 20.5 Å². The summed E-state index contributed by atoms with van der Waals surface area (Å²) in [4.78, 5) is 28.0. The summed E-state index contributed by atoms with van der Waals surface area (Å²) in [6.07, 6.45) is 4.83. The van der Waals surface area contributed by atoms with Crippen molar-refractivity contribution in [2.24, 2.45) is 11.8 Å². The molecule has 0 aliphatic carbocycles. The molecule has 1 amide bonds. The van der Waals surface area contributed by atoms with Crippen molar-refractivity contribution in [3.63, 3.8) is 0 Å². The van der Waals surface area contributed by atoms with E-state index in [1.807, 2.05) is 24.3 Å². The van der Waals surface area contributed by atoms with Gasteiger partial charge in [-0.3, -0.25) is 9.69 Å². The number of benzene rings is 1. The average Bonchev–Trinajstić information content (AvgIpc) is 3.23. The molecular weight excluding hydrogens is 356 g/mol. The first kappa shape index (κ1) is 18.7. The number of anilines is 1. The molecule has 0 saturated carbocycles. The number of carbonyl (C=O) groups is 2. The van der Waals surface area contributed by atoms with Crippen LogP contribution in [0.1, 0.15) is 18.4 Å². The van der Waals surface area contributed by atoms with Gasteiger partial charge < -0.3 is 14.8 Å². The number of fused-ring (bicyclic) bond motifs is 4. The summed E-state index contributed by atoms with van der Waals surface area (Å²) in [6.45, 7) is 5.60. The van der Waals surface area contributed by atoms with E-state index in [-0.39, 0.29) is 23.8 Å². The van der Waals surface area contributed by atoms with E-state index < -0.39 is 11.4 Å². The number of nitrogens with zero attached hydrogens (tertiary/aromatic N) is 1. The van der Waals surface area contributed by atoms with Gasteiger partial charge in [0.15, 0.2) is 0 Å².